The minimum Gasteiger partial charge on any atom is -0.362 e. The Hall–Kier alpha value is -3.04. The van der Waals surface area contributed by atoms with E-state index in [1.807, 2.05) is 12.1 Å². The van der Waals surface area contributed by atoms with Crippen molar-refractivity contribution in [2.24, 2.45) is 34.5 Å². The Balaban J connectivity index is 0.000000143. The van der Waals surface area contributed by atoms with Crippen LogP contribution in [0.4, 0.5) is 0 Å². The molecule has 0 spiro atoms. The normalized spacial score (nSPS) is 32.1. The summed E-state index contributed by atoms with van der Waals surface area (Å²) in [6.45, 7) is 18.0. The van der Waals surface area contributed by atoms with E-state index in [1.54, 1.807) is 24.3 Å². The molecule has 0 bridgehead atoms. The van der Waals surface area contributed by atoms with Crippen molar-refractivity contribution >= 4 is 32.4 Å². The number of Topliss-reactive ketones (excluding diaryl/α,β-unsaturated/α-hetero) is 2. The van der Waals surface area contributed by atoms with Crippen molar-refractivity contribution in [1.29, 1.82) is 0 Å². The Kier molecular flexibility index (Phi) is 17.4. The van der Waals surface area contributed by atoms with E-state index in [4.69, 9.17) is 9.11 Å². The number of nitrogens with one attached hydrogen (secondary N) is 6. The second-order valence-corrected chi connectivity index (χ2v) is 22.0. The topological polar surface area (TPSA) is 234 Å². The maximum Gasteiger partial charge on any atom is 0.446 e. The fourth-order valence-corrected chi connectivity index (χ4v) is 13.5. The molecule has 0 unspecified atom stereocenters. The van der Waals surface area contributed by atoms with Crippen molar-refractivity contribution in [3.63, 3.8) is 0 Å². The minimum absolute atomic E-state index is 0.132. The summed E-state index contributed by atoms with van der Waals surface area (Å²) in [5.41, 5.74) is 4.46. The lowest BCUT2D eigenvalue weighted by Crippen LogP contribution is -2.42. The van der Waals surface area contributed by atoms with E-state index in [0.717, 1.165) is 167 Å². The number of hydrogen-bond acceptors (Lipinski definition) is 14. The van der Waals surface area contributed by atoms with Gasteiger partial charge in [0.15, 0.2) is 0 Å². The highest BCUT2D eigenvalue weighted by Gasteiger charge is 2.56. The van der Waals surface area contributed by atoms with Crippen LogP contribution in [0.1, 0.15) is 112 Å². The molecular weight excluding hydrogens is 885 g/mol. The molecule has 11 rings (SSSR count). The minimum atomic E-state index is -4.49. The molecular formula is C48H74N6O10S2. The molecule has 7 fully saturated rings. The van der Waals surface area contributed by atoms with Crippen LogP contribution in [-0.4, -0.2) is 116 Å². The van der Waals surface area contributed by atoms with Gasteiger partial charge in [-0.2, -0.15) is 16.8 Å². The average molecular weight is 959 g/mol. The number of rotatable bonds is 4. The van der Waals surface area contributed by atoms with Crippen LogP contribution in [0.5, 0.6) is 11.5 Å². The Labute approximate surface area is 392 Å². The third-order valence-electron chi connectivity index (χ3n) is 16.1. The molecule has 0 aromatic heterocycles. The Bertz CT molecular complexity index is 2000. The number of carbonyl (C=O) groups is 2. The fraction of sp³-hybridized carbons (Fsp3) is 0.708. The van der Waals surface area contributed by atoms with Gasteiger partial charge >= 0.3 is 20.8 Å². The standard InChI is InChI=1S/2C18H22O5S.3C4H10N2/c2*1-18-9-8-14-13-5-3-12(23-24(20,21)22)10-11(13)2-4-15(14)16(18)6-7-17(18)19;3*1-2-6-4-3-5-1/h2*3,5,10,14-16H,2,4,6-9H2,1H3,(H,20,21,22);3*5-6H,1-4H2/t2*14-,15-,16+,18+;;;/m11.../s1. The number of piperazine rings is 3. The zero-order valence-electron chi connectivity index (χ0n) is 38.9. The van der Waals surface area contributed by atoms with E-state index < -0.39 is 20.8 Å². The van der Waals surface area contributed by atoms with Gasteiger partial charge in [0.2, 0.25) is 0 Å². The molecule has 4 saturated carbocycles. The maximum atomic E-state index is 12.3. The quantitative estimate of drug-likeness (QED) is 0.202. The summed E-state index contributed by atoms with van der Waals surface area (Å²) in [5, 5.41) is 19.3. The molecule has 16 nitrogen and oxygen atoms in total. The van der Waals surface area contributed by atoms with E-state index in [0.29, 0.717) is 47.1 Å². The molecule has 8 N–H and O–H groups in total. The van der Waals surface area contributed by atoms with Crippen molar-refractivity contribution in [1.82, 2.24) is 31.9 Å². The van der Waals surface area contributed by atoms with Gasteiger partial charge in [0.25, 0.3) is 0 Å². The van der Waals surface area contributed by atoms with Gasteiger partial charge in [-0.3, -0.25) is 18.7 Å². The number of carbonyl (C=O) groups excluding carboxylic acids is 2. The molecule has 368 valence electrons. The SMILES string of the molecule is C1CNCCN1.C1CNCCN1.C1CNCCN1.C[C@]12CC[C@@H]3c4ccc(OS(=O)(=O)O)cc4CC[C@H]3[C@@H]1CCC2=O.C[C@]12CC[C@@H]3c4ccc(OS(=O)(=O)O)cc4CC[C@H]3[C@@H]1CCC2=O. The predicted octanol–water partition coefficient (Wildman–Crippen LogP) is 4.12. The van der Waals surface area contributed by atoms with Gasteiger partial charge in [0.1, 0.15) is 23.1 Å². The largest absolute Gasteiger partial charge is 0.446 e. The summed E-state index contributed by atoms with van der Waals surface area (Å²) in [6, 6.07) is 10.6. The highest BCUT2D eigenvalue weighted by molar-refractivity contribution is 7.81. The second kappa shape index (κ2) is 22.6. The molecule has 0 amide bonds. The lowest BCUT2D eigenvalue weighted by Gasteiger charge is -2.48. The molecule has 2 aromatic carbocycles. The number of aryl methyl sites for hydroxylation is 2. The van der Waals surface area contributed by atoms with Crippen LogP contribution in [-0.2, 0) is 43.2 Å². The van der Waals surface area contributed by atoms with Crippen LogP contribution in [0.25, 0.3) is 0 Å². The summed E-state index contributed by atoms with van der Waals surface area (Å²) in [4.78, 5) is 24.7. The molecule has 66 heavy (non-hydrogen) atoms. The molecule has 0 radical (unpaired) electrons. The third kappa shape index (κ3) is 12.8. The van der Waals surface area contributed by atoms with Crippen molar-refractivity contribution in [2.75, 3.05) is 78.5 Å². The molecule has 2 aromatic rings. The first-order chi connectivity index (χ1) is 31.6. The molecule has 3 aliphatic heterocycles. The number of hydrogen-bond donors (Lipinski definition) is 8. The highest BCUT2D eigenvalue weighted by atomic mass is 32.3. The molecule has 6 aliphatic carbocycles. The first-order valence-electron chi connectivity index (χ1n) is 24.5. The number of fused-ring (bicyclic) bond motifs is 10. The van der Waals surface area contributed by atoms with Crippen molar-refractivity contribution in [3.8, 4) is 11.5 Å². The molecule has 8 atom stereocenters. The number of benzene rings is 2. The third-order valence-corrected chi connectivity index (χ3v) is 16.9. The zero-order valence-corrected chi connectivity index (χ0v) is 40.5. The first kappa shape index (κ1) is 50.8. The van der Waals surface area contributed by atoms with Crippen LogP contribution in [0, 0.1) is 34.5 Å². The molecule has 18 heteroatoms. The van der Waals surface area contributed by atoms with Crippen LogP contribution in [0.15, 0.2) is 36.4 Å². The van der Waals surface area contributed by atoms with Gasteiger partial charge in [-0.1, -0.05) is 26.0 Å². The van der Waals surface area contributed by atoms with E-state index in [9.17, 15) is 26.4 Å². The van der Waals surface area contributed by atoms with E-state index >= 15 is 0 Å². The first-order valence-corrected chi connectivity index (χ1v) is 27.2. The maximum absolute atomic E-state index is 12.3. The van der Waals surface area contributed by atoms with E-state index in [-0.39, 0.29) is 22.3 Å². The lowest BCUT2D eigenvalue weighted by molar-refractivity contribution is -0.130. The summed E-state index contributed by atoms with van der Waals surface area (Å²) in [7, 11) is -8.98. The average Bonchev–Trinajstić information content (AvgIpc) is 3.80. The summed E-state index contributed by atoms with van der Waals surface area (Å²) < 4.78 is 70.4. The molecule has 3 saturated heterocycles. The van der Waals surface area contributed by atoms with Gasteiger partial charge in [-0.15, -0.1) is 0 Å². The van der Waals surface area contributed by atoms with Crippen LogP contribution < -0.4 is 40.3 Å². The summed E-state index contributed by atoms with van der Waals surface area (Å²) in [6.07, 6.45) is 11.1. The van der Waals surface area contributed by atoms with Crippen LogP contribution in [0.2, 0.25) is 0 Å². The van der Waals surface area contributed by atoms with Gasteiger partial charge < -0.3 is 40.3 Å². The van der Waals surface area contributed by atoms with Crippen LogP contribution in [0.3, 0.4) is 0 Å². The highest BCUT2D eigenvalue weighted by Crippen LogP contribution is 2.61. The Morgan fingerprint density at radius 3 is 1.09 bits per heavy atom. The van der Waals surface area contributed by atoms with Crippen LogP contribution >= 0.6 is 0 Å². The van der Waals surface area contributed by atoms with Gasteiger partial charge in [-0.05, 0) is 146 Å². The fourth-order valence-electron chi connectivity index (χ4n) is 12.8. The molecule has 9 aliphatic rings. The van der Waals surface area contributed by atoms with Gasteiger partial charge in [-0.25, -0.2) is 0 Å². The Morgan fingerprint density at radius 1 is 0.485 bits per heavy atom. The van der Waals surface area contributed by atoms with Gasteiger partial charge in [0.05, 0.1) is 0 Å². The monoisotopic (exact) mass is 958 g/mol. The van der Waals surface area contributed by atoms with E-state index in [1.165, 1.54) is 11.1 Å². The van der Waals surface area contributed by atoms with Crippen molar-refractivity contribution in [2.45, 2.75) is 103 Å². The number of ketones is 2. The van der Waals surface area contributed by atoms with Crippen molar-refractivity contribution in [3.05, 3.63) is 58.7 Å². The summed E-state index contributed by atoms with van der Waals surface area (Å²) in [5.74, 6) is 4.11. The zero-order chi connectivity index (χ0) is 47.0. The molecule has 3 heterocycles. The lowest BCUT2D eigenvalue weighted by atomic mass is 9.55. The predicted molar refractivity (Wildman–Crippen MR) is 254 cm³/mol. The van der Waals surface area contributed by atoms with Gasteiger partial charge in [0, 0.05) is 102 Å². The van der Waals surface area contributed by atoms with E-state index in [2.05, 4.69) is 54.1 Å². The summed E-state index contributed by atoms with van der Waals surface area (Å²) >= 11 is 0. The second-order valence-electron chi connectivity index (χ2n) is 19.9. The Morgan fingerprint density at radius 2 is 0.803 bits per heavy atom. The van der Waals surface area contributed by atoms with Crippen molar-refractivity contribution < 1.29 is 43.9 Å². The smallest absolute Gasteiger partial charge is 0.362 e.